The van der Waals surface area contributed by atoms with Crippen molar-refractivity contribution in [1.82, 2.24) is 29.8 Å². The second kappa shape index (κ2) is 8.73. The van der Waals surface area contributed by atoms with Gasteiger partial charge in [-0.15, -0.1) is 10.2 Å². The van der Waals surface area contributed by atoms with E-state index in [4.69, 9.17) is 4.42 Å². The number of rotatable bonds is 8. The first-order valence-corrected chi connectivity index (χ1v) is 9.84. The average Bonchev–Trinajstić information content (AvgIpc) is 3.47. The Morgan fingerprint density at radius 3 is 2.90 bits per heavy atom. The van der Waals surface area contributed by atoms with Gasteiger partial charge in [-0.3, -0.25) is 14.2 Å². The van der Waals surface area contributed by atoms with Crippen LogP contribution in [0.3, 0.4) is 0 Å². The number of nitrogens with zero attached hydrogens (tertiary/aromatic N) is 6. The smallest absolute Gasteiger partial charge is 0.265 e. The molecule has 1 aromatic carbocycles. The minimum Gasteiger partial charge on any atom is -0.419 e. The van der Waals surface area contributed by atoms with Gasteiger partial charge in [-0.1, -0.05) is 12.1 Å². The zero-order chi connectivity index (χ0) is 20.9. The van der Waals surface area contributed by atoms with Crippen LogP contribution in [0.15, 0.2) is 53.2 Å². The number of carbonyl (C=O) groups excluding carboxylic acids is 1. The van der Waals surface area contributed by atoms with Gasteiger partial charge in [0.25, 0.3) is 5.89 Å². The summed E-state index contributed by atoms with van der Waals surface area (Å²) >= 11 is 0. The van der Waals surface area contributed by atoms with Crippen LogP contribution >= 0.6 is 0 Å². The molecule has 0 aliphatic carbocycles. The number of hydrogen-bond acceptors (Lipinski definition) is 6. The molecular formula is C21H23N7O2. The quantitative estimate of drug-likeness (QED) is 0.483. The van der Waals surface area contributed by atoms with Crippen LogP contribution in [0.4, 0.5) is 5.69 Å². The first-order valence-electron chi connectivity index (χ1n) is 9.84. The van der Waals surface area contributed by atoms with Crippen LogP contribution in [0.5, 0.6) is 0 Å². The van der Waals surface area contributed by atoms with Crippen LogP contribution in [0, 0.1) is 6.92 Å². The van der Waals surface area contributed by atoms with E-state index in [0.717, 1.165) is 22.6 Å². The summed E-state index contributed by atoms with van der Waals surface area (Å²) in [5, 5.41) is 19.7. The Bertz CT molecular complexity index is 1130. The lowest BCUT2D eigenvalue weighted by Crippen LogP contribution is -2.12. The van der Waals surface area contributed by atoms with Crippen LogP contribution in [0.25, 0.3) is 11.6 Å². The van der Waals surface area contributed by atoms with Crippen LogP contribution in [0.2, 0.25) is 0 Å². The van der Waals surface area contributed by atoms with E-state index in [1.54, 1.807) is 6.20 Å². The highest BCUT2D eigenvalue weighted by Gasteiger charge is 2.15. The predicted molar refractivity (Wildman–Crippen MR) is 111 cm³/mol. The van der Waals surface area contributed by atoms with Crippen LogP contribution in [-0.4, -0.2) is 35.7 Å². The van der Waals surface area contributed by atoms with Gasteiger partial charge in [-0.2, -0.15) is 10.2 Å². The number of anilines is 1. The normalized spacial score (nSPS) is 11.0. The van der Waals surface area contributed by atoms with Gasteiger partial charge in [-0.05, 0) is 43.7 Å². The van der Waals surface area contributed by atoms with E-state index in [1.165, 1.54) is 0 Å². The summed E-state index contributed by atoms with van der Waals surface area (Å²) in [5.74, 6) is 0.730. The highest BCUT2D eigenvalue weighted by molar-refractivity contribution is 5.90. The molecule has 0 unspecified atom stereocenters. The van der Waals surface area contributed by atoms with Crippen molar-refractivity contribution in [1.29, 1.82) is 0 Å². The minimum atomic E-state index is -0.111. The molecule has 0 saturated carbocycles. The summed E-state index contributed by atoms with van der Waals surface area (Å²) < 4.78 is 9.38. The largest absolute Gasteiger partial charge is 0.419 e. The molecule has 0 saturated heterocycles. The number of aromatic nitrogens is 6. The molecule has 0 fully saturated rings. The molecule has 4 rings (SSSR count). The van der Waals surface area contributed by atoms with Gasteiger partial charge in [0.15, 0.2) is 0 Å². The van der Waals surface area contributed by atoms with Crippen LogP contribution in [0.1, 0.15) is 30.5 Å². The molecule has 0 aliphatic heterocycles. The van der Waals surface area contributed by atoms with Gasteiger partial charge in [0.2, 0.25) is 11.8 Å². The molecule has 3 aromatic heterocycles. The Balaban J connectivity index is 1.34. The number of amides is 1. The lowest BCUT2D eigenvalue weighted by atomic mass is 10.2. The van der Waals surface area contributed by atoms with E-state index in [0.29, 0.717) is 31.3 Å². The van der Waals surface area contributed by atoms with E-state index in [-0.39, 0.29) is 12.3 Å². The fourth-order valence-corrected chi connectivity index (χ4v) is 3.19. The maximum Gasteiger partial charge on any atom is 0.265 e. The van der Waals surface area contributed by atoms with Gasteiger partial charge >= 0.3 is 0 Å². The van der Waals surface area contributed by atoms with Crippen LogP contribution in [-0.2, 0) is 24.3 Å². The Kier molecular flexibility index (Phi) is 5.69. The average molecular weight is 405 g/mol. The number of hydrogen-bond donors (Lipinski definition) is 1. The topological polar surface area (TPSA) is 104 Å². The monoisotopic (exact) mass is 405 g/mol. The highest BCUT2D eigenvalue weighted by Crippen LogP contribution is 2.20. The van der Waals surface area contributed by atoms with Gasteiger partial charge in [0.1, 0.15) is 5.69 Å². The SMILES string of the molecule is CCn1nc(C)cc1-c1nnc(CCC(=O)Nc2cccc(Cn3cccn3)c2)o1. The molecule has 9 heteroatoms. The summed E-state index contributed by atoms with van der Waals surface area (Å²) in [4.78, 5) is 12.4. The van der Waals surface area contributed by atoms with E-state index in [2.05, 4.69) is 25.7 Å². The zero-order valence-electron chi connectivity index (χ0n) is 16.9. The second-order valence-electron chi connectivity index (χ2n) is 6.94. The molecule has 4 aromatic rings. The second-order valence-corrected chi connectivity index (χ2v) is 6.94. The first kappa shape index (κ1) is 19.6. The lowest BCUT2D eigenvalue weighted by Gasteiger charge is -2.07. The molecule has 0 atom stereocenters. The zero-order valence-corrected chi connectivity index (χ0v) is 16.9. The first-order chi connectivity index (χ1) is 14.6. The maximum atomic E-state index is 12.4. The number of nitrogens with one attached hydrogen (secondary N) is 1. The lowest BCUT2D eigenvalue weighted by molar-refractivity contribution is -0.116. The highest BCUT2D eigenvalue weighted by atomic mass is 16.4. The van der Waals surface area contributed by atoms with E-state index >= 15 is 0 Å². The standard InChI is InChI=1S/C21H23N7O2/c1-3-28-18(12-15(2)26-28)21-25-24-20(30-21)9-8-19(29)23-17-7-4-6-16(13-17)14-27-11-5-10-22-27/h4-7,10-13H,3,8-9,14H2,1-2H3,(H,23,29). The Hall–Kier alpha value is -3.75. The van der Waals surface area contributed by atoms with Crippen molar-refractivity contribution in [2.75, 3.05) is 5.32 Å². The molecule has 0 spiro atoms. The van der Waals surface area contributed by atoms with Gasteiger partial charge < -0.3 is 9.73 Å². The molecule has 0 bridgehead atoms. The van der Waals surface area contributed by atoms with Crippen molar-refractivity contribution in [3.05, 3.63) is 65.9 Å². The van der Waals surface area contributed by atoms with Gasteiger partial charge in [-0.25, -0.2) is 0 Å². The molecule has 154 valence electrons. The van der Waals surface area contributed by atoms with E-state index in [9.17, 15) is 4.79 Å². The number of benzene rings is 1. The number of carbonyl (C=O) groups is 1. The molecule has 30 heavy (non-hydrogen) atoms. The fraction of sp³-hybridized carbons (Fsp3) is 0.286. The van der Waals surface area contributed by atoms with Crippen molar-refractivity contribution < 1.29 is 9.21 Å². The molecular weight excluding hydrogens is 382 g/mol. The molecule has 0 aliphatic rings. The van der Waals surface area contributed by atoms with Crippen molar-refractivity contribution >= 4 is 11.6 Å². The molecule has 9 nitrogen and oxygen atoms in total. The maximum absolute atomic E-state index is 12.4. The number of aryl methyl sites for hydroxylation is 3. The summed E-state index contributed by atoms with van der Waals surface area (Å²) in [7, 11) is 0. The molecule has 1 amide bonds. The van der Waals surface area contributed by atoms with Gasteiger partial charge in [0.05, 0.1) is 12.2 Å². The van der Waals surface area contributed by atoms with Crippen molar-refractivity contribution in [3.8, 4) is 11.6 Å². The molecule has 1 N–H and O–H groups in total. The summed E-state index contributed by atoms with van der Waals surface area (Å²) in [6, 6.07) is 11.5. The van der Waals surface area contributed by atoms with Crippen molar-refractivity contribution in [2.45, 2.75) is 39.8 Å². The summed E-state index contributed by atoms with van der Waals surface area (Å²) in [6.07, 6.45) is 4.26. The Morgan fingerprint density at radius 1 is 1.20 bits per heavy atom. The van der Waals surface area contributed by atoms with E-state index in [1.807, 2.05) is 65.8 Å². The third-order valence-electron chi connectivity index (χ3n) is 4.57. The molecule has 0 radical (unpaired) electrons. The molecule has 3 heterocycles. The third kappa shape index (κ3) is 4.62. The fourth-order valence-electron chi connectivity index (χ4n) is 3.19. The minimum absolute atomic E-state index is 0.111. The van der Waals surface area contributed by atoms with E-state index < -0.39 is 0 Å². The summed E-state index contributed by atoms with van der Waals surface area (Å²) in [6.45, 7) is 5.28. The van der Waals surface area contributed by atoms with Crippen molar-refractivity contribution in [3.63, 3.8) is 0 Å². The van der Waals surface area contributed by atoms with Crippen molar-refractivity contribution in [2.24, 2.45) is 0 Å². The third-order valence-corrected chi connectivity index (χ3v) is 4.57. The van der Waals surface area contributed by atoms with Crippen LogP contribution < -0.4 is 5.32 Å². The Morgan fingerprint density at radius 2 is 2.10 bits per heavy atom. The Labute approximate surface area is 173 Å². The predicted octanol–water partition coefficient (Wildman–Crippen LogP) is 3.08. The summed E-state index contributed by atoms with van der Waals surface area (Å²) in [5.41, 5.74) is 3.48. The van der Waals surface area contributed by atoms with Gasteiger partial charge in [0, 0.05) is 37.5 Å².